The van der Waals surface area contributed by atoms with Gasteiger partial charge in [0.25, 0.3) is 11.7 Å². The van der Waals surface area contributed by atoms with Gasteiger partial charge in [-0.1, -0.05) is 38.1 Å². The number of carbonyl (C=O) groups is 2. The van der Waals surface area contributed by atoms with Gasteiger partial charge in [-0.3, -0.25) is 9.59 Å². The molecule has 0 bridgehead atoms. The number of ketones is 1. The number of ether oxygens (including phenoxy) is 1. The third-order valence-electron chi connectivity index (χ3n) is 5.73. The molecule has 1 amide bonds. The predicted octanol–water partition coefficient (Wildman–Crippen LogP) is 5.03. The van der Waals surface area contributed by atoms with Crippen molar-refractivity contribution in [1.29, 1.82) is 0 Å². The van der Waals surface area contributed by atoms with Gasteiger partial charge >= 0.3 is 0 Å². The van der Waals surface area contributed by atoms with Crippen molar-refractivity contribution in [3.05, 3.63) is 95.0 Å². The van der Waals surface area contributed by atoms with E-state index in [0.717, 1.165) is 11.1 Å². The number of likely N-dealkylation sites (tertiary alicyclic amines) is 1. The monoisotopic (exact) mass is 431 g/mol. The number of aliphatic hydroxyl groups excluding tert-OH is 1. The van der Waals surface area contributed by atoms with Gasteiger partial charge in [-0.25, -0.2) is 0 Å². The highest BCUT2D eigenvalue weighted by atomic mass is 16.5. The Morgan fingerprint density at radius 3 is 2.31 bits per heavy atom. The highest BCUT2D eigenvalue weighted by Gasteiger charge is 2.46. The molecule has 0 aliphatic carbocycles. The highest BCUT2D eigenvalue weighted by Crippen LogP contribution is 2.40. The molecule has 0 saturated carbocycles. The van der Waals surface area contributed by atoms with E-state index in [2.05, 4.69) is 13.8 Å². The number of aliphatic hydroxyl groups is 1. The van der Waals surface area contributed by atoms with Gasteiger partial charge in [0.2, 0.25) is 0 Å². The van der Waals surface area contributed by atoms with Crippen molar-refractivity contribution in [1.82, 2.24) is 4.90 Å². The molecular weight excluding hydrogens is 406 g/mol. The third kappa shape index (κ3) is 3.91. The maximum atomic E-state index is 13.1. The van der Waals surface area contributed by atoms with Crippen molar-refractivity contribution in [2.75, 3.05) is 7.11 Å². The summed E-state index contributed by atoms with van der Waals surface area (Å²) in [5, 5.41) is 11.1. The van der Waals surface area contributed by atoms with Crippen molar-refractivity contribution in [3.8, 4) is 5.75 Å². The highest BCUT2D eigenvalue weighted by molar-refractivity contribution is 6.46. The molecule has 164 valence electrons. The molecular formula is C26H25NO5. The van der Waals surface area contributed by atoms with E-state index in [4.69, 9.17) is 9.15 Å². The zero-order valence-corrected chi connectivity index (χ0v) is 18.2. The Labute approximate surface area is 186 Å². The summed E-state index contributed by atoms with van der Waals surface area (Å²) in [6, 6.07) is 17.2. The summed E-state index contributed by atoms with van der Waals surface area (Å²) in [6.45, 7) is 4.32. The van der Waals surface area contributed by atoms with Crippen LogP contribution >= 0.6 is 0 Å². The summed E-state index contributed by atoms with van der Waals surface area (Å²) < 4.78 is 10.6. The van der Waals surface area contributed by atoms with Crippen LogP contribution in [0.4, 0.5) is 0 Å². The van der Waals surface area contributed by atoms with Gasteiger partial charge in [0, 0.05) is 5.56 Å². The standard InChI is InChI=1S/C26H25NO5/c1-16(2)17-6-8-18(9-7-17)23-22(24(28)19-10-12-20(31-3)13-11-19)25(29)26(30)27(23)15-21-5-4-14-32-21/h4-14,16,23,28H,15H2,1-3H3/t23-/m1/s1. The lowest BCUT2D eigenvalue weighted by Crippen LogP contribution is -2.29. The molecule has 2 aromatic carbocycles. The molecule has 4 rings (SSSR count). The Bertz CT molecular complexity index is 1140. The zero-order chi connectivity index (χ0) is 22.8. The van der Waals surface area contributed by atoms with Crippen LogP contribution < -0.4 is 4.74 Å². The minimum absolute atomic E-state index is 0.0593. The van der Waals surface area contributed by atoms with Gasteiger partial charge in [0.05, 0.1) is 31.5 Å². The molecule has 1 saturated heterocycles. The number of rotatable bonds is 6. The first-order chi connectivity index (χ1) is 15.4. The van der Waals surface area contributed by atoms with E-state index in [1.165, 1.54) is 11.2 Å². The van der Waals surface area contributed by atoms with Crippen LogP contribution in [0, 0.1) is 0 Å². The normalized spacial score (nSPS) is 17.9. The van der Waals surface area contributed by atoms with E-state index in [9.17, 15) is 14.7 Å². The van der Waals surface area contributed by atoms with Crippen LogP contribution in [0.15, 0.2) is 76.9 Å². The van der Waals surface area contributed by atoms with Crippen LogP contribution in [0.1, 0.15) is 48.3 Å². The molecule has 1 N–H and O–H groups in total. The van der Waals surface area contributed by atoms with Crippen LogP contribution in [-0.2, 0) is 16.1 Å². The first-order valence-electron chi connectivity index (χ1n) is 10.5. The second kappa shape index (κ2) is 8.75. The Hall–Kier alpha value is -3.80. The predicted molar refractivity (Wildman–Crippen MR) is 120 cm³/mol. The fraction of sp³-hybridized carbons (Fsp3) is 0.231. The molecule has 1 aliphatic rings. The lowest BCUT2D eigenvalue weighted by molar-refractivity contribution is -0.140. The SMILES string of the molecule is COc1ccc(C(O)=C2C(=O)C(=O)N(Cc3ccco3)[C@@H]2c2ccc(C(C)C)cc2)cc1. The molecule has 3 aromatic rings. The summed E-state index contributed by atoms with van der Waals surface area (Å²) in [7, 11) is 1.55. The summed E-state index contributed by atoms with van der Waals surface area (Å²) in [5.41, 5.74) is 2.39. The van der Waals surface area contributed by atoms with E-state index < -0.39 is 17.7 Å². The van der Waals surface area contributed by atoms with Crippen LogP contribution in [0.25, 0.3) is 5.76 Å². The van der Waals surface area contributed by atoms with Gasteiger partial charge < -0.3 is 19.2 Å². The van der Waals surface area contributed by atoms with E-state index >= 15 is 0 Å². The Morgan fingerprint density at radius 2 is 1.75 bits per heavy atom. The number of carbonyl (C=O) groups excluding carboxylic acids is 2. The average molecular weight is 431 g/mol. The summed E-state index contributed by atoms with van der Waals surface area (Å²) in [4.78, 5) is 27.5. The molecule has 0 radical (unpaired) electrons. The van der Waals surface area contributed by atoms with Gasteiger partial charge in [-0.15, -0.1) is 0 Å². The molecule has 1 aliphatic heterocycles. The van der Waals surface area contributed by atoms with Gasteiger partial charge in [0.1, 0.15) is 17.3 Å². The summed E-state index contributed by atoms with van der Waals surface area (Å²) >= 11 is 0. The number of benzene rings is 2. The quantitative estimate of drug-likeness (QED) is 0.336. The fourth-order valence-corrected chi connectivity index (χ4v) is 3.93. The minimum atomic E-state index is -0.733. The number of nitrogens with zero attached hydrogens (tertiary/aromatic N) is 1. The maximum Gasteiger partial charge on any atom is 0.296 e. The molecule has 1 fully saturated rings. The fourth-order valence-electron chi connectivity index (χ4n) is 3.93. The number of methoxy groups -OCH3 is 1. The lowest BCUT2D eigenvalue weighted by Gasteiger charge is -2.25. The molecule has 32 heavy (non-hydrogen) atoms. The lowest BCUT2D eigenvalue weighted by atomic mass is 9.93. The smallest absolute Gasteiger partial charge is 0.296 e. The van der Waals surface area contributed by atoms with Crippen LogP contribution in [0.3, 0.4) is 0 Å². The number of amides is 1. The van der Waals surface area contributed by atoms with Crippen molar-refractivity contribution >= 4 is 17.4 Å². The zero-order valence-electron chi connectivity index (χ0n) is 18.2. The van der Waals surface area contributed by atoms with Crippen LogP contribution in [-0.4, -0.2) is 28.8 Å². The number of hydrogen-bond donors (Lipinski definition) is 1. The van der Waals surface area contributed by atoms with E-state index in [-0.39, 0.29) is 17.9 Å². The molecule has 0 spiro atoms. The molecule has 2 heterocycles. The molecule has 6 heteroatoms. The Kier molecular flexibility index (Phi) is 5.86. The molecule has 1 aromatic heterocycles. The van der Waals surface area contributed by atoms with E-state index in [1.807, 2.05) is 24.3 Å². The first kappa shape index (κ1) is 21.4. The van der Waals surface area contributed by atoms with Gasteiger partial charge in [-0.2, -0.15) is 0 Å². The minimum Gasteiger partial charge on any atom is -0.507 e. The van der Waals surface area contributed by atoms with Gasteiger partial charge in [-0.05, 0) is 53.4 Å². The van der Waals surface area contributed by atoms with Crippen molar-refractivity contribution < 1.29 is 23.8 Å². The second-order valence-electron chi connectivity index (χ2n) is 8.06. The van der Waals surface area contributed by atoms with Crippen LogP contribution in [0.5, 0.6) is 5.75 Å². The van der Waals surface area contributed by atoms with Crippen molar-refractivity contribution in [3.63, 3.8) is 0 Å². The number of hydrogen-bond acceptors (Lipinski definition) is 5. The van der Waals surface area contributed by atoms with Crippen molar-refractivity contribution in [2.24, 2.45) is 0 Å². The van der Waals surface area contributed by atoms with Crippen LogP contribution in [0.2, 0.25) is 0 Å². The maximum absolute atomic E-state index is 13.1. The topological polar surface area (TPSA) is 80.0 Å². The molecule has 1 atom stereocenters. The average Bonchev–Trinajstić information content (AvgIpc) is 3.41. The first-order valence-corrected chi connectivity index (χ1v) is 10.5. The Balaban J connectivity index is 1.83. The number of Topliss-reactive ketones (excluding diaryl/α,β-unsaturated/α-hetero) is 1. The summed E-state index contributed by atoms with van der Waals surface area (Å²) in [6.07, 6.45) is 1.52. The van der Waals surface area contributed by atoms with E-state index in [1.54, 1.807) is 43.5 Å². The number of furan rings is 1. The molecule has 6 nitrogen and oxygen atoms in total. The third-order valence-corrected chi connectivity index (χ3v) is 5.73. The molecule has 0 unspecified atom stereocenters. The largest absolute Gasteiger partial charge is 0.507 e. The second-order valence-corrected chi connectivity index (χ2v) is 8.06. The van der Waals surface area contributed by atoms with Gasteiger partial charge in [0.15, 0.2) is 0 Å². The Morgan fingerprint density at radius 1 is 1.06 bits per heavy atom. The summed E-state index contributed by atoms with van der Waals surface area (Å²) in [5.74, 6) is -0.0818. The van der Waals surface area contributed by atoms with Crippen molar-refractivity contribution in [2.45, 2.75) is 32.4 Å². The van der Waals surface area contributed by atoms with E-state index in [0.29, 0.717) is 23.0 Å².